The van der Waals surface area contributed by atoms with Crippen LogP contribution in [0.4, 0.5) is 0 Å². The molecule has 3 fully saturated rings. The third-order valence-electron chi connectivity index (χ3n) is 6.07. The van der Waals surface area contributed by atoms with E-state index in [0.717, 1.165) is 26.1 Å². The van der Waals surface area contributed by atoms with Crippen LogP contribution in [0.2, 0.25) is 0 Å². The summed E-state index contributed by atoms with van der Waals surface area (Å²) < 4.78 is 11.9. The summed E-state index contributed by atoms with van der Waals surface area (Å²) in [7, 11) is 0. The zero-order valence-electron chi connectivity index (χ0n) is 14.1. The van der Waals surface area contributed by atoms with E-state index in [1.54, 1.807) is 0 Å². The third kappa shape index (κ3) is 3.16. The van der Waals surface area contributed by atoms with Crippen LogP contribution in [-0.4, -0.2) is 37.0 Å². The molecule has 0 bridgehead atoms. The Hall–Kier alpha value is -0.120. The molecule has 0 aromatic heterocycles. The van der Waals surface area contributed by atoms with Crippen molar-refractivity contribution in [2.24, 2.45) is 5.41 Å². The highest BCUT2D eigenvalue weighted by Gasteiger charge is 2.56. The lowest BCUT2D eigenvalue weighted by Gasteiger charge is -2.59. The summed E-state index contributed by atoms with van der Waals surface area (Å²) in [5, 5.41) is 4.00. The van der Waals surface area contributed by atoms with Gasteiger partial charge in [-0.15, -0.1) is 0 Å². The first-order valence-electron chi connectivity index (χ1n) is 9.07. The van der Waals surface area contributed by atoms with E-state index in [0.29, 0.717) is 23.6 Å². The maximum absolute atomic E-state index is 6.07. The molecule has 2 aliphatic carbocycles. The van der Waals surface area contributed by atoms with E-state index < -0.39 is 0 Å². The van der Waals surface area contributed by atoms with Crippen molar-refractivity contribution < 1.29 is 9.47 Å². The molecule has 3 heteroatoms. The van der Waals surface area contributed by atoms with E-state index in [1.807, 2.05) is 0 Å². The molecule has 1 saturated heterocycles. The van der Waals surface area contributed by atoms with Crippen molar-refractivity contribution in [3.8, 4) is 0 Å². The molecule has 21 heavy (non-hydrogen) atoms. The van der Waals surface area contributed by atoms with Gasteiger partial charge in [0.2, 0.25) is 0 Å². The smallest absolute Gasteiger partial charge is 0.0661 e. The van der Waals surface area contributed by atoms with Crippen LogP contribution < -0.4 is 5.32 Å². The summed E-state index contributed by atoms with van der Waals surface area (Å²) >= 11 is 0. The standard InChI is InChI=1S/C18H33NO2/c1-4-20-16-12-15(18(16)9-6-5-7-10-18)19-14-8-11-21-17(2,3)13-14/h14-16,19H,4-13H2,1-3H3. The number of rotatable bonds is 4. The van der Waals surface area contributed by atoms with Gasteiger partial charge >= 0.3 is 0 Å². The Balaban J connectivity index is 1.62. The van der Waals surface area contributed by atoms with Crippen LogP contribution >= 0.6 is 0 Å². The zero-order chi connectivity index (χ0) is 14.9. The minimum Gasteiger partial charge on any atom is -0.378 e. The van der Waals surface area contributed by atoms with Crippen molar-refractivity contribution in [2.45, 2.75) is 95.9 Å². The molecule has 3 unspecified atom stereocenters. The predicted octanol–water partition coefficient (Wildman–Crippen LogP) is 3.66. The molecule has 3 nitrogen and oxygen atoms in total. The Morgan fingerprint density at radius 2 is 1.95 bits per heavy atom. The first-order valence-corrected chi connectivity index (χ1v) is 9.07. The minimum absolute atomic E-state index is 0.0404. The van der Waals surface area contributed by atoms with Gasteiger partial charge in [-0.25, -0.2) is 0 Å². The van der Waals surface area contributed by atoms with Gasteiger partial charge < -0.3 is 14.8 Å². The van der Waals surface area contributed by atoms with Crippen LogP contribution in [-0.2, 0) is 9.47 Å². The Kier molecular flexibility index (Phi) is 4.63. The summed E-state index contributed by atoms with van der Waals surface area (Å²) in [6.45, 7) is 8.35. The highest BCUT2D eigenvalue weighted by Crippen LogP contribution is 2.53. The van der Waals surface area contributed by atoms with Crippen molar-refractivity contribution in [1.82, 2.24) is 5.32 Å². The average Bonchev–Trinajstić information content (AvgIpc) is 2.46. The van der Waals surface area contributed by atoms with Crippen molar-refractivity contribution in [3.63, 3.8) is 0 Å². The molecular formula is C18H33NO2. The monoisotopic (exact) mass is 295 g/mol. The fraction of sp³-hybridized carbons (Fsp3) is 1.00. The van der Waals surface area contributed by atoms with Crippen LogP contribution in [0, 0.1) is 5.41 Å². The maximum atomic E-state index is 6.07. The summed E-state index contributed by atoms with van der Waals surface area (Å²) in [5.74, 6) is 0. The van der Waals surface area contributed by atoms with Gasteiger partial charge in [0.15, 0.2) is 0 Å². The molecule has 3 atom stereocenters. The summed E-state index contributed by atoms with van der Waals surface area (Å²) in [5.41, 5.74) is 0.482. The van der Waals surface area contributed by atoms with E-state index in [2.05, 4.69) is 26.1 Å². The lowest BCUT2D eigenvalue weighted by atomic mass is 9.55. The molecule has 1 spiro atoms. The predicted molar refractivity (Wildman–Crippen MR) is 85.5 cm³/mol. The number of ether oxygens (including phenoxy) is 2. The van der Waals surface area contributed by atoms with E-state index in [-0.39, 0.29) is 5.60 Å². The van der Waals surface area contributed by atoms with Crippen molar-refractivity contribution in [3.05, 3.63) is 0 Å². The molecule has 122 valence electrons. The second-order valence-corrected chi connectivity index (χ2v) is 7.99. The second-order valence-electron chi connectivity index (χ2n) is 7.99. The molecule has 2 saturated carbocycles. The Morgan fingerprint density at radius 3 is 2.62 bits per heavy atom. The molecule has 0 amide bonds. The van der Waals surface area contributed by atoms with E-state index in [9.17, 15) is 0 Å². The molecule has 1 heterocycles. The van der Waals surface area contributed by atoms with Gasteiger partial charge in [0.25, 0.3) is 0 Å². The van der Waals surface area contributed by atoms with Crippen molar-refractivity contribution >= 4 is 0 Å². The molecule has 3 rings (SSSR count). The third-order valence-corrected chi connectivity index (χ3v) is 6.07. The Labute approximate surface area is 130 Å². The van der Waals surface area contributed by atoms with Crippen LogP contribution in [0.25, 0.3) is 0 Å². The number of nitrogens with one attached hydrogen (secondary N) is 1. The molecule has 1 aliphatic heterocycles. The van der Waals surface area contributed by atoms with Crippen molar-refractivity contribution in [1.29, 1.82) is 0 Å². The van der Waals surface area contributed by atoms with Gasteiger partial charge in [0.1, 0.15) is 0 Å². The van der Waals surface area contributed by atoms with Crippen LogP contribution in [0.15, 0.2) is 0 Å². The highest BCUT2D eigenvalue weighted by molar-refractivity contribution is 5.10. The van der Waals surface area contributed by atoms with Gasteiger partial charge in [-0.05, 0) is 52.9 Å². The fourth-order valence-corrected chi connectivity index (χ4v) is 4.96. The Bertz CT molecular complexity index is 349. The number of hydrogen-bond donors (Lipinski definition) is 1. The van der Waals surface area contributed by atoms with Crippen LogP contribution in [0.5, 0.6) is 0 Å². The van der Waals surface area contributed by atoms with Crippen LogP contribution in [0.3, 0.4) is 0 Å². The van der Waals surface area contributed by atoms with Gasteiger partial charge in [0, 0.05) is 30.7 Å². The largest absolute Gasteiger partial charge is 0.378 e. The second kappa shape index (κ2) is 6.17. The normalized spacial score (nSPS) is 38.1. The maximum Gasteiger partial charge on any atom is 0.0661 e. The first kappa shape index (κ1) is 15.8. The Morgan fingerprint density at radius 1 is 1.19 bits per heavy atom. The van der Waals surface area contributed by atoms with Crippen molar-refractivity contribution in [2.75, 3.05) is 13.2 Å². The van der Waals surface area contributed by atoms with Crippen LogP contribution in [0.1, 0.15) is 72.1 Å². The topological polar surface area (TPSA) is 30.5 Å². The molecule has 3 aliphatic rings. The molecule has 0 aromatic carbocycles. The molecular weight excluding hydrogens is 262 g/mol. The van der Waals surface area contributed by atoms with Gasteiger partial charge in [0.05, 0.1) is 11.7 Å². The van der Waals surface area contributed by atoms with E-state index in [4.69, 9.17) is 9.47 Å². The minimum atomic E-state index is 0.0404. The summed E-state index contributed by atoms with van der Waals surface area (Å²) in [4.78, 5) is 0. The van der Waals surface area contributed by atoms with E-state index in [1.165, 1.54) is 38.5 Å². The van der Waals surface area contributed by atoms with Gasteiger partial charge in [-0.2, -0.15) is 0 Å². The fourth-order valence-electron chi connectivity index (χ4n) is 4.96. The first-order chi connectivity index (χ1) is 10.1. The van der Waals surface area contributed by atoms with Gasteiger partial charge in [-0.1, -0.05) is 19.3 Å². The highest BCUT2D eigenvalue weighted by atomic mass is 16.5. The quantitative estimate of drug-likeness (QED) is 0.858. The zero-order valence-corrected chi connectivity index (χ0v) is 14.1. The number of hydrogen-bond acceptors (Lipinski definition) is 3. The average molecular weight is 295 g/mol. The SMILES string of the molecule is CCOC1CC(NC2CCOC(C)(C)C2)C12CCCCC2. The molecule has 0 aromatic rings. The lowest BCUT2D eigenvalue weighted by molar-refractivity contribution is -0.157. The molecule has 1 N–H and O–H groups in total. The van der Waals surface area contributed by atoms with Gasteiger partial charge in [-0.3, -0.25) is 0 Å². The summed E-state index contributed by atoms with van der Waals surface area (Å²) in [6.07, 6.45) is 10.9. The summed E-state index contributed by atoms with van der Waals surface area (Å²) in [6, 6.07) is 1.30. The van der Waals surface area contributed by atoms with E-state index >= 15 is 0 Å². The molecule has 0 radical (unpaired) electrons. The lowest BCUT2D eigenvalue weighted by Crippen LogP contribution is -2.66.